The van der Waals surface area contributed by atoms with Crippen LogP contribution in [0, 0.1) is 0 Å². The number of aromatic nitrogens is 4. The molecular formula is C25H27N5O. The molecule has 0 unspecified atom stereocenters. The van der Waals surface area contributed by atoms with Gasteiger partial charge in [0.25, 0.3) is 0 Å². The molecule has 1 aliphatic rings. The highest BCUT2D eigenvalue weighted by molar-refractivity contribution is 5.86. The molecule has 6 heteroatoms. The monoisotopic (exact) mass is 413 g/mol. The first-order valence-corrected chi connectivity index (χ1v) is 10.9. The first kappa shape index (κ1) is 19.7. The van der Waals surface area contributed by atoms with Crippen LogP contribution in [0.25, 0.3) is 10.8 Å². The summed E-state index contributed by atoms with van der Waals surface area (Å²) in [6, 6.07) is 23.9. The molecule has 2 N–H and O–H groups in total. The minimum atomic E-state index is -0.0113. The maximum atomic E-state index is 5.79. The lowest BCUT2D eigenvalue weighted by molar-refractivity contribution is 0.292. The summed E-state index contributed by atoms with van der Waals surface area (Å²) < 4.78 is 5.79. The van der Waals surface area contributed by atoms with Gasteiger partial charge in [0, 0.05) is 11.6 Å². The molecule has 4 aromatic rings. The topological polar surface area (TPSA) is 75.7 Å². The van der Waals surface area contributed by atoms with Gasteiger partial charge in [0.15, 0.2) is 6.61 Å². The van der Waals surface area contributed by atoms with Crippen molar-refractivity contribution in [3.8, 4) is 5.75 Å². The van der Waals surface area contributed by atoms with Crippen LogP contribution in [0.1, 0.15) is 55.6 Å². The fourth-order valence-corrected chi connectivity index (χ4v) is 4.88. The molecule has 3 aromatic carbocycles. The van der Waals surface area contributed by atoms with Gasteiger partial charge in [0.2, 0.25) is 5.82 Å². The Hall–Kier alpha value is -3.25. The van der Waals surface area contributed by atoms with Gasteiger partial charge in [-0.15, -0.1) is 10.2 Å². The molecule has 1 heterocycles. The molecule has 0 amide bonds. The van der Waals surface area contributed by atoms with E-state index in [1.807, 2.05) is 12.1 Å². The van der Waals surface area contributed by atoms with E-state index in [2.05, 4.69) is 87.5 Å². The van der Waals surface area contributed by atoms with Crippen LogP contribution in [0.3, 0.4) is 0 Å². The summed E-state index contributed by atoms with van der Waals surface area (Å²) in [4.78, 5) is 0. The third-order valence-electron chi connectivity index (χ3n) is 6.40. The van der Waals surface area contributed by atoms with E-state index in [1.165, 1.54) is 34.7 Å². The lowest BCUT2D eigenvalue weighted by atomic mass is 9.86. The molecule has 5 rings (SSSR count). The van der Waals surface area contributed by atoms with Crippen molar-refractivity contribution in [1.29, 1.82) is 0 Å². The highest BCUT2D eigenvalue weighted by Gasteiger charge is 2.36. The average molecular weight is 414 g/mol. The van der Waals surface area contributed by atoms with E-state index >= 15 is 0 Å². The van der Waals surface area contributed by atoms with E-state index in [0.717, 1.165) is 18.6 Å². The summed E-state index contributed by atoms with van der Waals surface area (Å²) in [5.41, 5.74) is 2.66. The summed E-state index contributed by atoms with van der Waals surface area (Å²) in [5.74, 6) is 1.35. The van der Waals surface area contributed by atoms with Crippen LogP contribution in [-0.2, 0) is 12.1 Å². The van der Waals surface area contributed by atoms with Gasteiger partial charge in [-0.2, -0.15) is 5.21 Å². The second-order valence-electron chi connectivity index (χ2n) is 8.36. The number of ether oxygens (including phenoxy) is 1. The Labute approximate surface area is 182 Å². The van der Waals surface area contributed by atoms with Crippen LogP contribution in [0.15, 0.2) is 66.7 Å². The Kier molecular flexibility index (Phi) is 5.38. The minimum absolute atomic E-state index is 0.0113. The molecule has 158 valence electrons. The van der Waals surface area contributed by atoms with E-state index in [9.17, 15) is 0 Å². The van der Waals surface area contributed by atoms with Crippen LogP contribution < -0.4 is 10.1 Å². The number of rotatable bonds is 7. The highest BCUT2D eigenvalue weighted by Crippen LogP contribution is 2.41. The molecule has 1 aromatic heterocycles. The van der Waals surface area contributed by atoms with Crippen molar-refractivity contribution < 1.29 is 4.74 Å². The molecule has 0 bridgehead atoms. The molecule has 1 fully saturated rings. The lowest BCUT2D eigenvalue weighted by Gasteiger charge is -2.35. The van der Waals surface area contributed by atoms with E-state index in [1.54, 1.807) is 0 Å². The van der Waals surface area contributed by atoms with Gasteiger partial charge < -0.3 is 10.1 Å². The fourth-order valence-electron chi connectivity index (χ4n) is 4.88. The standard InChI is InChI=1S/C25H27N5O/c1-18(22-10-6-8-19-7-2-3-9-23(19)22)26-25(15-4-5-16-25)20-11-13-21(14-12-20)31-17-24-27-29-30-28-24/h2-3,6-14,18,26H,4-5,15-17H2,1H3,(H,27,28,29,30)/t18-/m1/s1. The predicted molar refractivity (Wildman–Crippen MR) is 121 cm³/mol. The first-order valence-electron chi connectivity index (χ1n) is 10.9. The van der Waals surface area contributed by atoms with Crippen molar-refractivity contribution in [3.63, 3.8) is 0 Å². The molecule has 0 saturated heterocycles. The normalized spacial score (nSPS) is 16.4. The molecule has 0 aliphatic heterocycles. The second kappa shape index (κ2) is 8.47. The highest BCUT2D eigenvalue weighted by atomic mass is 16.5. The van der Waals surface area contributed by atoms with Crippen molar-refractivity contribution in [2.75, 3.05) is 0 Å². The molecule has 6 nitrogen and oxygen atoms in total. The number of H-pyrrole nitrogens is 1. The van der Waals surface area contributed by atoms with Gasteiger partial charge in [-0.25, -0.2) is 0 Å². The van der Waals surface area contributed by atoms with Crippen molar-refractivity contribution in [2.24, 2.45) is 0 Å². The van der Waals surface area contributed by atoms with Gasteiger partial charge in [0.05, 0.1) is 0 Å². The maximum Gasteiger partial charge on any atom is 0.211 e. The molecule has 1 saturated carbocycles. The summed E-state index contributed by atoms with van der Waals surface area (Å²) in [6.07, 6.45) is 4.77. The fraction of sp³-hybridized carbons (Fsp3) is 0.320. The SMILES string of the molecule is C[C@@H](NC1(c2ccc(OCc3nn[nH]n3)cc2)CCCC1)c1cccc2ccccc12. The number of nitrogens with zero attached hydrogens (tertiary/aromatic N) is 3. The van der Waals surface area contributed by atoms with Crippen LogP contribution in [0.2, 0.25) is 0 Å². The third kappa shape index (κ3) is 4.03. The smallest absolute Gasteiger partial charge is 0.211 e. The lowest BCUT2D eigenvalue weighted by Crippen LogP contribution is -2.41. The van der Waals surface area contributed by atoms with Gasteiger partial charge >= 0.3 is 0 Å². The molecule has 1 atom stereocenters. The second-order valence-corrected chi connectivity index (χ2v) is 8.36. The Morgan fingerprint density at radius 1 is 1.00 bits per heavy atom. The van der Waals surface area contributed by atoms with E-state index in [-0.39, 0.29) is 11.6 Å². The van der Waals surface area contributed by atoms with Crippen molar-refractivity contribution in [1.82, 2.24) is 25.9 Å². The Balaban J connectivity index is 1.36. The Bertz CT molecular complexity index is 1130. The Morgan fingerprint density at radius 2 is 1.77 bits per heavy atom. The van der Waals surface area contributed by atoms with E-state index in [4.69, 9.17) is 4.74 Å². The third-order valence-corrected chi connectivity index (χ3v) is 6.40. The first-order chi connectivity index (χ1) is 15.2. The summed E-state index contributed by atoms with van der Waals surface area (Å²) >= 11 is 0. The van der Waals surface area contributed by atoms with Gasteiger partial charge in [-0.3, -0.25) is 0 Å². The molecule has 31 heavy (non-hydrogen) atoms. The van der Waals surface area contributed by atoms with E-state index < -0.39 is 0 Å². The zero-order valence-corrected chi connectivity index (χ0v) is 17.7. The van der Waals surface area contributed by atoms with Gasteiger partial charge in [-0.05, 0) is 53.8 Å². The predicted octanol–water partition coefficient (Wildman–Crippen LogP) is 5.05. The number of benzene rings is 3. The van der Waals surface area contributed by atoms with Crippen LogP contribution in [0.5, 0.6) is 5.75 Å². The number of hydrogen-bond donors (Lipinski definition) is 2. The largest absolute Gasteiger partial charge is 0.485 e. The van der Waals surface area contributed by atoms with Gasteiger partial charge in [-0.1, -0.05) is 72.7 Å². The number of tetrazole rings is 1. The van der Waals surface area contributed by atoms with Gasteiger partial charge in [0.1, 0.15) is 5.75 Å². The number of hydrogen-bond acceptors (Lipinski definition) is 5. The molecule has 1 aliphatic carbocycles. The number of nitrogens with one attached hydrogen (secondary N) is 2. The summed E-state index contributed by atoms with van der Waals surface area (Å²) in [5, 5.41) is 20.5. The quantitative estimate of drug-likeness (QED) is 0.443. The van der Waals surface area contributed by atoms with Crippen molar-refractivity contribution >= 4 is 10.8 Å². The average Bonchev–Trinajstić information content (AvgIpc) is 3.50. The number of aromatic amines is 1. The zero-order chi connectivity index (χ0) is 21.1. The summed E-state index contributed by atoms with van der Waals surface area (Å²) in [6.45, 7) is 2.58. The van der Waals surface area contributed by atoms with E-state index in [0.29, 0.717) is 12.4 Å². The van der Waals surface area contributed by atoms with Crippen LogP contribution >= 0.6 is 0 Å². The summed E-state index contributed by atoms with van der Waals surface area (Å²) in [7, 11) is 0. The Morgan fingerprint density at radius 3 is 2.55 bits per heavy atom. The molecule has 0 radical (unpaired) electrons. The molecular weight excluding hydrogens is 386 g/mol. The maximum absolute atomic E-state index is 5.79. The van der Waals surface area contributed by atoms with Crippen molar-refractivity contribution in [3.05, 3.63) is 83.7 Å². The zero-order valence-electron chi connectivity index (χ0n) is 17.7. The number of fused-ring (bicyclic) bond motifs is 1. The minimum Gasteiger partial charge on any atom is -0.485 e. The van der Waals surface area contributed by atoms with Crippen LogP contribution in [-0.4, -0.2) is 20.6 Å². The van der Waals surface area contributed by atoms with Crippen molar-refractivity contribution in [2.45, 2.75) is 50.8 Å². The van der Waals surface area contributed by atoms with Crippen LogP contribution in [0.4, 0.5) is 0 Å². The molecule has 0 spiro atoms.